The third-order valence-corrected chi connectivity index (χ3v) is 6.34. The van der Waals surface area contributed by atoms with E-state index in [9.17, 15) is 9.59 Å². The van der Waals surface area contributed by atoms with Crippen LogP contribution in [0.4, 0.5) is 0 Å². The molecule has 0 bridgehead atoms. The smallest absolute Gasteiger partial charge is 0.228 e. The van der Waals surface area contributed by atoms with E-state index in [2.05, 4.69) is 35.0 Å². The first-order valence-corrected chi connectivity index (χ1v) is 10.6. The lowest BCUT2D eigenvalue weighted by molar-refractivity contribution is -0.141. The molecule has 0 spiro atoms. The number of hydrogen-bond acceptors (Lipinski definition) is 3. The lowest BCUT2D eigenvalue weighted by atomic mass is 9.73. The molecule has 4 nitrogen and oxygen atoms in total. The zero-order chi connectivity index (χ0) is 19.3. The van der Waals surface area contributed by atoms with Gasteiger partial charge in [0.1, 0.15) is 0 Å². The molecule has 2 amide bonds. The summed E-state index contributed by atoms with van der Waals surface area (Å²) in [6, 6.07) is 12.5. The van der Waals surface area contributed by atoms with Gasteiger partial charge in [-0.25, -0.2) is 0 Å². The molecule has 1 N–H and O–H groups in total. The highest BCUT2D eigenvalue weighted by Crippen LogP contribution is 2.38. The molecule has 27 heavy (non-hydrogen) atoms. The number of nitrogens with zero attached hydrogens (tertiary/aromatic N) is 1. The van der Waals surface area contributed by atoms with Crippen molar-refractivity contribution in [3.05, 3.63) is 47.3 Å². The van der Waals surface area contributed by atoms with Gasteiger partial charge in [-0.15, -0.1) is 11.3 Å². The number of nitrogens with one attached hydrogen (secondary N) is 1. The summed E-state index contributed by atoms with van der Waals surface area (Å²) in [7, 11) is 1.70. The summed E-state index contributed by atoms with van der Waals surface area (Å²) >= 11 is 1.71. The number of piperidine rings is 1. The lowest BCUT2D eigenvalue weighted by Crippen LogP contribution is -2.54. The van der Waals surface area contributed by atoms with Gasteiger partial charge >= 0.3 is 0 Å². The average molecular weight is 385 g/mol. The SMILES string of the molecule is CCCC(=O)N1CCCC(Cc2ccccc2-c2cccs2)(C(=O)NC)C1. The lowest BCUT2D eigenvalue weighted by Gasteiger charge is -2.42. The standard InChI is InChI=1S/C22H28N2O2S/c1-3-8-20(25)24-13-7-12-22(16-24,21(26)23-2)15-17-9-4-5-10-18(17)19-11-6-14-27-19/h4-6,9-11,14H,3,7-8,12-13,15-16H2,1-2H3,(H,23,26). The van der Waals surface area contributed by atoms with Crippen LogP contribution >= 0.6 is 11.3 Å². The maximum atomic E-state index is 13.0. The van der Waals surface area contributed by atoms with E-state index >= 15 is 0 Å². The van der Waals surface area contributed by atoms with Crippen LogP contribution in [0.2, 0.25) is 0 Å². The molecule has 2 aromatic rings. The number of likely N-dealkylation sites (tertiary alicyclic amines) is 1. The van der Waals surface area contributed by atoms with Crippen LogP contribution in [-0.2, 0) is 16.0 Å². The van der Waals surface area contributed by atoms with Crippen molar-refractivity contribution in [3.8, 4) is 10.4 Å². The Morgan fingerprint density at radius 3 is 2.74 bits per heavy atom. The first kappa shape index (κ1) is 19.6. The number of benzene rings is 1. The zero-order valence-corrected chi connectivity index (χ0v) is 17.0. The highest BCUT2D eigenvalue weighted by Gasteiger charge is 2.43. The predicted molar refractivity (Wildman–Crippen MR) is 111 cm³/mol. The summed E-state index contributed by atoms with van der Waals surface area (Å²) in [4.78, 5) is 28.6. The Hall–Kier alpha value is -2.14. The Bertz CT molecular complexity index is 787. The van der Waals surface area contributed by atoms with Crippen molar-refractivity contribution in [2.45, 2.75) is 39.0 Å². The monoisotopic (exact) mass is 384 g/mol. The summed E-state index contributed by atoms with van der Waals surface area (Å²) in [5.41, 5.74) is 1.80. The molecule has 0 saturated carbocycles. The van der Waals surface area contributed by atoms with E-state index in [-0.39, 0.29) is 11.8 Å². The van der Waals surface area contributed by atoms with Crippen LogP contribution < -0.4 is 5.32 Å². The van der Waals surface area contributed by atoms with Gasteiger partial charge in [0.25, 0.3) is 0 Å². The van der Waals surface area contributed by atoms with Gasteiger partial charge in [0.05, 0.1) is 5.41 Å². The van der Waals surface area contributed by atoms with Crippen molar-refractivity contribution >= 4 is 23.2 Å². The van der Waals surface area contributed by atoms with Crippen LogP contribution in [0.3, 0.4) is 0 Å². The van der Waals surface area contributed by atoms with Crippen molar-refractivity contribution in [1.29, 1.82) is 0 Å². The van der Waals surface area contributed by atoms with E-state index in [0.29, 0.717) is 19.4 Å². The van der Waals surface area contributed by atoms with Crippen molar-refractivity contribution in [3.63, 3.8) is 0 Å². The zero-order valence-electron chi connectivity index (χ0n) is 16.2. The molecule has 2 heterocycles. The molecular weight excluding hydrogens is 356 g/mol. The largest absolute Gasteiger partial charge is 0.359 e. The molecule has 0 aliphatic carbocycles. The second kappa shape index (κ2) is 8.70. The molecule has 144 valence electrons. The summed E-state index contributed by atoms with van der Waals surface area (Å²) in [6.45, 7) is 3.28. The fourth-order valence-electron chi connectivity index (χ4n) is 4.10. The maximum Gasteiger partial charge on any atom is 0.228 e. The number of rotatable bonds is 6. The Balaban J connectivity index is 1.93. The van der Waals surface area contributed by atoms with Gasteiger partial charge < -0.3 is 10.2 Å². The van der Waals surface area contributed by atoms with E-state index in [1.165, 1.54) is 16.0 Å². The van der Waals surface area contributed by atoms with Gasteiger partial charge in [-0.3, -0.25) is 9.59 Å². The maximum absolute atomic E-state index is 13.0. The highest BCUT2D eigenvalue weighted by molar-refractivity contribution is 7.13. The molecule has 1 unspecified atom stereocenters. The summed E-state index contributed by atoms with van der Waals surface area (Å²) in [6.07, 6.45) is 3.71. The van der Waals surface area contributed by atoms with Crippen LogP contribution in [0.15, 0.2) is 41.8 Å². The Morgan fingerprint density at radius 2 is 2.04 bits per heavy atom. The summed E-state index contributed by atoms with van der Waals surface area (Å²) in [5.74, 6) is 0.203. The first-order valence-electron chi connectivity index (χ1n) is 9.71. The fraction of sp³-hybridized carbons (Fsp3) is 0.455. The number of carbonyl (C=O) groups excluding carboxylic acids is 2. The van der Waals surface area contributed by atoms with E-state index < -0.39 is 5.41 Å². The Labute approximate surface area is 165 Å². The van der Waals surface area contributed by atoms with Gasteiger partial charge in [0, 0.05) is 31.4 Å². The van der Waals surface area contributed by atoms with E-state index in [4.69, 9.17) is 0 Å². The Morgan fingerprint density at radius 1 is 1.22 bits per heavy atom. The van der Waals surface area contributed by atoms with Crippen molar-refractivity contribution in [1.82, 2.24) is 10.2 Å². The van der Waals surface area contributed by atoms with E-state index in [0.717, 1.165) is 25.8 Å². The van der Waals surface area contributed by atoms with Gasteiger partial charge in [-0.1, -0.05) is 37.3 Å². The molecule has 1 aromatic carbocycles. The minimum atomic E-state index is -0.566. The quantitative estimate of drug-likeness (QED) is 0.815. The average Bonchev–Trinajstić information content (AvgIpc) is 3.22. The molecule has 1 atom stereocenters. The van der Waals surface area contributed by atoms with Gasteiger partial charge in [0.2, 0.25) is 11.8 Å². The summed E-state index contributed by atoms with van der Waals surface area (Å²) < 4.78 is 0. The normalized spacial score (nSPS) is 19.7. The van der Waals surface area contributed by atoms with Gasteiger partial charge in [-0.05, 0) is 48.3 Å². The molecule has 1 aromatic heterocycles. The molecule has 5 heteroatoms. The number of amides is 2. The second-order valence-electron chi connectivity index (χ2n) is 7.34. The molecule has 1 saturated heterocycles. The van der Waals surface area contributed by atoms with Gasteiger partial charge in [0.15, 0.2) is 0 Å². The number of thiophene rings is 1. The van der Waals surface area contributed by atoms with Crippen molar-refractivity contribution < 1.29 is 9.59 Å². The highest BCUT2D eigenvalue weighted by atomic mass is 32.1. The predicted octanol–water partition coefficient (Wildman–Crippen LogP) is 4.11. The third kappa shape index (κ3) is 4.24. The topological polar surface area (TPSA) is 49.4 Å². The number of carbonyl (C=O) groups is 2. The van der Waals surface area contributed by atoms with Gasteiger partial charge in [-0.2, -0.15) is 0 Å². The molecule has 1 fully saturated rings. The van der Waals surface area contributed by atoms with Crippen molar-refractivity contribution in [2.75, 3.05) is 20.1 Å². The van der Waals surface area contributed by atoms with Crippen LogP contribution in [0.25, 0.3) is 10.4 Å². The number of hydrogen-bond donors (Lipinski definition) is 1. The molecular formula is C22H28N2O2S. The Kier molecular flexibility index (Phi) is 6.32. The van der Waals surface area contributed by atoms with Crippen LogP contribution in [0, 0.1) is 5.41 Å². The van der Waals surface area contributed by atoms with E-state index in [1.54, 1.807) is 18.4 Å². The minimum absolute atomic E-state index is 0.0393. The second-order valence-corrected chi connectivity index (χ2v) is 8.29. The molecule has 0 radical (unpaired) electrons. The van der Waals surface area contributed by atoms with Crippen molar-refractivity contribution in [2.24, 2.45) is 5.41 Å². The molecule has 3 rings (SSSR count). The third-order valence-electron chi connectivity index (χ3n) is 5.44. The van der Waals surface area contributed by atoms with Crippen LogP contribution in [-0.4, -0.2) is 36.9 Å². The van der Waals surface area contributed by atoms with Crippen LogP contribution in [0.5, 0.6) is 0 Å². The first-order chi connectivity index (χ1) is 13.1. The summed E-state index contributed by atoms with van der Waals surface area (Å²) in [5, 5.41) is 4.94. The minimum Gasteiger partial charge on any atom is -0.359 e. The fourth-order valence-corrected chi connectivity index (χ4v) is 4.89. The van der Waals surface area contributed by atoms with Crippen LogP contribution in [0.1, 0.15) is 38.2 Å². The molecule has 1 aliphatic rings. The molecule has 1 aliphatic heterocycles. The van der Waals surface area contributed by atoms with E-state index in [1.807, 2.05) is 24.0 Å².